The number of nitrogens with zero attached hydrogens (tertiary/aromatic N) is 6. The predicted molar refractivity (Wildman–Crippen MR) is 634 cm³/mol. The van der Waals surface area contributed by atoms with Crippen molar-refractivity contribution in [2.24, 2.45) is 4.99 Å². The maximum atomic E-state index is 8.88. The van der Waals surface area contributed by atoms with E-state index in [1.807, 2.05) is 59.6 Å². The second-order valence-corrected chi connectivity index (χ2v) is 47.7. The van der Waals surface area contributed by atoms with Crippen LogP contribution in [0.15, 0.2) is 582 Å². The van der Waals surface area contributed by atoms with E-state index < -0.39 is 0 Å². The summed E-state index contributed by atoms with van der Waals surface area (Å²) in [7, 11) is 14.6. The van der Waals surface area contributed by atoms with Crippen molar-refractivity contribution < 1.29 is 41.2 Å². The number of quaternary nitrogens is 1. The normalized spacial score (nSPS) is 13.4. The van der Waals surface area contributed by atoms with Crippen LogP contribution in [0.25, 0.3) is 0 Å². The third-order valence-electron chi connectivity index (χ3n) is 25.9. The van der Waals surface area contributed by atoms with Crippen molar-refractivity contribution in [1.29, 1.82) is 0 Å². The molecular formula is C134H150BrN6O4S5+5. The SMILES string of the molecule is CN1CCC(N2CCCCC2)CC1.CN1CCC([N+](C)(C)C)CC1.COc1ccc(C2=NC=CC2)cc1.COc1ccc(N(CCO)CCO)cc1.Cc1ccc([S+](c2ccccc2)c2ccccc2)cc1.Cc1ccc([S+](c2ccccc2)c2ccccc2)cc1.[Br-].c1ccc([S+](c2ccccc2)c2ccccc2)cc1.c1ccc([S+](c2ccccc2)c2ccccc2)cc1.c1ccc([S+](c2ccccc2)c2ccccc2)cc1. The van der Waals surface area contributed by atoms with Crippen LogP contribution in [0.1, 0.15) is 68.1 Å². The Morgan fingerprint density at radius 1 is 0.293 bits per heavy atom. The Balaban J connectivity index is 0.000000150. The van der Waals surface area contributed by atoms with Crippen molar-refractivity contribution in [3.63, 3.8) is 0 Å². The van der Waals surface area contributed by atoms with E-state index in [0.717, 1.165) is 45.9 Å². The lowest BCUT2D eigenvalue weighted by atomic mass is 10.0. The van der Waals surface area contributed by atoms with E-state index in [9.17, 15) is 0 Å². The third-order valence-corrected chi connectivity index (χ3v) is 37.0. The quantitative estimate of drug-likeness (QED) is 0.0433. The molecule has 0 spiro atoms. The molecule has 0 saturated carbocycles. The number of halogens is 1. The average molecular weight is 2150 g/mol. The second kappa shape index (κ2) is 64.9. The predicted octanol–water partition coefficient (Wildman–Crippen LogP) is 26.8. The highest BCUT2D eigenvalue weighted by molar-refractivity contribution is 7.98. The summed E-state index contributed by atoms with van der Waals surface area (Å²) in [4.78, 5) is 34.2. The van der Waals surface area contributed by atoms with Gasteiger partial charge in [0, 0.05) is 63.4 Å². The highest BCUT2D eigenvalue weighted by atomic mass is 79.9. The van der Waals surface area contributed by atoms with Crippen LogP contribution < -0.4 is 31.4 Å². The van der Waals surface area contributed by atoms with Gasteiger partial charge in [0.25, 0.3) is 0 Å². The molecule has 16 heteroatoms. The number of ether oxygens (including phenoxy) is 2. The van der Waals surface area contributed by atoms with Gasteiger partial charge >= 0.3 is 0 Å². The fourth-order valence-corrected chi connectivity index (χ4v) is 28.3. The van der Waals surface area contributed by atoms with Crippen molar-refractivity contribution in [2.45, 2.75) is 151 Å². The Hall–Kier alpha value is -12.5. The molecule has 0 aliphatic carbocycles. The number of aliphatic hydroxyl groups is 2. The highest BCUT2D eigenvalue weighted by Gasteiger charge is 2.34. The number of aliphatic imine (C=N–C) groups is 1. The molecule has 10 nitrogen and oxygen atoms in total. The number of methoxy groups -OCH3 is 2. The summed E-state index contributed by atoms with van der Waals surface area (Å²) in [6.45, 7) is 13.4. The van der Waals surface area contributed by atoms with E-state index in [-0.39, 0.29) is 84.7 Å². The first-order valence-corrected chi connectivity index (χ1v) is 58.1. The van der Waals surface area contributed by atoms with E-state index in [1.165, 1.54) is 174 Å². The number of hydrogen-bond acceptors (Lipinski definition) is 9. The number of hydrogen-bond donors (Lipinski definition) is 2. The van der Waals surface area contributed by atoms with Gasteiger partial charge in [0.15, 0.2) is 73.4 Å². The van der Waals surface area contributed by atoms with Crippen molar-refractivity contribution in [1.82, 2.24) is 14.7 Å². The first kappa shape index (κ1) is 116. The lowest BCUT2D eigenvalue weighted by molar-refractivity contribution is -0.897. The summed E-state index contributed by atoms with van der Waals surface area (Å²) < 4.78 is 11.3. The van der Waals surface area contributed by atoms with E-state index in [2.05, 4.69) is 518 Å². The lowest BCUT2D eigenvalue weighted by Crippen LogP contribution is -3.00. The average Bonchev–Trinajstić information content (AvgIpc) is 0.949. The van der Waals surface area contributed by atoms with Crippen molar-refractivity contribution in [3.8, 4) is 11.5 Å². The first-order chi connectivity index (χ1) is 73.1. The molecule has 150 heavy (non-hydrogen) atoms. The van der Waals surface area contributed by atoms with Crippen LogP contribution in [-0.4, -0.2) is 162 Å². The minimum Gasteiger partial charge on any atom is -1.00 e. The molecule has 0 atom stereocenters. The second-order valence-electron chi connectivity index (χ2n) is 37.5. The number of aliphatic hydroxyl groups excluding tert-OH is 2. The molecule has 3 saturated heterocycles. The molecule has 0 bridgehead atoms. The fourth-order valence-electron chi connectivity index (χ4n) is 17.8. The molecule has 21 rings (SSSR count). The zero-order valence-electron chi connectivity index (χ0n) is 88.6. The zero-order valence-corrected chi connectivity index (χ0v) is 94.3. The summed E-state index contributed by atoms with van der Waals surface area (Å²) in [6.07, 6.45) is 14.7. The van der Waals surface area contributed by atoms with Gasteiger partial charge in [-0.15, -0.1) is 0 Å². The summed E-state index contributed by atoms with van der Waals surface area (Å²) in [5.41, 5.74) is 5.88. The molecule has 4 aliphatic rings. The summed E-state index contributed by atoms with van der Waals surface area (Å²) >= 11 is 0. The summed E-state index contributed by atoms with van der Waals surface area (Å²) in [5.74, 6) is 1.68. The van der Waals surface area contributed by atoms with Gasteiger partial charge in [0.05, 0.1) is 115 Å². The van der Waals surface area contributed by atoms with Crippen molar-refractivity contribution in [3.05, 3.63) is 520 Å². The summed E-state index contributed by atoms with van der Waals surface area (Å²) in [5, 5.41) is 17.8. The van der Waals surface area contributed by atoms with Crippen LogP contribution in [0.5, 0.6) is 11.5 Å². The third kappa shape index (κ3) is 37.9. The van der Waals surface area contributed by atoms with Crippen molar-refractivity contribution >= 4 is 65.9 Å². The van der Waals surface area contributed by atoms with E-state index in [0.29, 0.717) is 13.1 Å². The van der Waals surface area contributed by atoms with Crippen LogP contribution in [-0.2, 0) is 54.5 Å². The Bertz CT molecular complexity index is 5750. The Kier molecular flexibility index (Phi) is 50.3. The standard InChI is InChI=1S/2C19H17S.3C18H15S.C11H22N2.C11H17NO3.C11H11NO.C9H21N2.BrH/c2*1-16-12-14-19(15-13-16)20(17-8-4-2-5-9-17)18-10-6-3-7-11-18;3*1-4-10-16(11-5-1)19(17-12-6-2-7-13-17)18-14-8-3-9-15-18;1-12-9-5-11(6-10-12)13-7-3-2-4-8-13;1-15-11-4-2-10(3-5-11)12(6-8-13)7-9-14;1-13-10-6-4-9(5-7-10)11-3-2-8-12-11;1-10-7-5-9(6-8-10)11(2,3)4;/h2*2-15H,1H3;3*1-15H;11H,2-10H2,1H3;2-5,13-14H,6-9H2,1H3;2,4-8H,3H2,1H3;9H,5-8H2,1-4H3;1H/q5*+1;;;;+1;/p-1. The summed E-state index contributed by atoms with van der Waals surface area (Å²) in [6, 6.07) is 175. The number of anilines is 1. The molecular weight excluding hydrogens is 2000 g/mol. The van der Waals surface area contributed by atoms with Crippen LogP contribution in [0.2, 0.25) is 0 Å². The Labute approximate surface area is 921 Å². The number of rotatable bonds is 25. The van der Waals surface area contributed by atoms with E-state index in [4.69, 9.17) is 19.7 Å². The van der Waals surface area contributed by atoms with Crippen molar-refractivity contribution in [2.75, 3.05) is 120 Å². The number of allylic oxidation sites excluding steroid dienone is 1. The van der Waals surface area contributed by atoms with E-state index in [1.54, 1.807) is 14.2 Å². The lowest BCUT2D eigenvalue weighted by Gasteiger charge is -2.39. The van der Waals surface area contributed by atoms with Gasteiger partial charge in [0.2, 0.25) is 0 Å². The van der Waals surface area contributed by atoms with Crippen LogP contribution in [0, 0.1) is 13.8 Å². The first-order valence-electron chi connectivity index (χ1n) is 52.0. The Morgan fingerprint density at radius 3 is 0.733 bits per heavy atom. The molecule has 17 aromatic rings. The molecule has 0 unspecified atom stereocenters. The van der Waals surface area contributed by atoms with Gasteiger partial charge in [-0.3, -0.25) is 4.99 Å². The zero-order chi connectivity index (χ0) is 104. The van der Waals surface area contributed by atoms with Gasteiger partial charge in [-0.2, -0.15) is 0 Å². The largest absolute Gasteiger partial charge is 1.00 e. The fraction of sp³-hybridized carbons (Fsp3) is 0.216. The number of benzene rings is 17. The minimum absolute atomic E-state index is 0. The molecule has 3 fully saturated rings. The van der Waals surface area contributed by atoms with Gasteiger partial charge in [0.1, 0.15) is 11.5 Å². The highest BCUT2D eigenvalue weighted by Crippen LogP contribution is 2.38. The maximum Gasteiger partial charge on any atom is 0.166 e. The molecule has 0 radical (unpaired) electrons. The van der Waals surface area contributed by atoms with E-state index >= 15 is 0 Å². The van der Waals surface area contributed by atoms with Gasteiger partial charge in [-0.05, 0) is 316 Å². The topological polar surface area (TPSA) is 84.2 Å². The number of aryl methyl sites for hydroxylation is 2. The van der Waals surface area contributed by atoms with Gasteiger partial charge in [-0.1, -0.05) is 284 Å². The number of piperidine rings is 3. The maximum absolute atomic E-state index is 8.88. The van der Waals surface area contributed by atoms with Crippen LogP contribution in [0.4, 0.5) is 5.69 Å². The van der Waals surface area contributed by atoms with Crippen LogP contribution in [0.3, 0.4) is 0 Å². The molecule has 2 N–H and O–H groups in total. The van der Waals surface area contributed by atoms with Crippen LogP contribution >= 0.6 is 0 Å². The minimum atomic E-state index is -0.0229. The molecule has 0 aromatic heterocycles. The molecule has 0 amide bonds. The Morgan fingerprint density at radius 2 is 0.520 bits per heavy atom. The van der Waals surface area contributed by atoms with Gasteiger partial charge < -0.3 is 60.8 Å². The molecule has 4 aliphatic heterocycles. The molecule has 4 heterocycles. The molecule has 772 valence electrons. The smallest absolute Gasteiger partial charge is 0.166 e. The molecule has 17 aromatic carbocycles. The van der Waals surface area contributed by atoms with Gasteiger partial charge in [-0.25, -0.2) is 0 Å². The number of likely N-dealkylation sites (tertiary alicyclic amines) is 3. The monoisotopic (exact) mass is 2150 g/mol.